The van der Waals surface area contributed by atoms with Gasteiger partial charge in [-0.05, 0) is 12.8 Å². The van der Waals surface area contributed by atoms with E-state index < -0.39 is 0 Å². The molecule has 1 atom stereocenters. The smallest absolute Gasteiger partial charge is 0.256 e. The summed E-state index contributed by atoms with van der Waals surface area (Å²) in [6.45, 7) is 0.785. The van der Waals surface area contributed by atoms with Crippen LogP contribution in [0.2, 0.25) is 0 Å². The van der Waals surface area contributed by atoms with Gasteiger partial charge in [-0.15, -0.1) is 0 Å². The van der Waals surface area contributed by atoms with Gasteiger partial charge in [0.1, 0.15) is 6.10 Å². The van der Waals surface area contributed by atoms with Gasteiger partial charge in [0.2, 0.25) is 5.82 Å². The first-order valence-electron chi connectivity index (χ1n) is 5.44. The Hall–Kier alpha value is -1.68. The first kappa shape index (κ1) is 9.54. The highest BCUT2D eigenvalue weighted by molar-refractivity contribution is 5.53. The Kier molecular flexibility index (Phi) is 2.42. The molecule has 4 nitrogen and oxygen atoms in total. The predicted molar refractivity (Wildman–Crippen MR) is 57.7 cm³/mol. The van der Waals surface area contributed by atoms with E-state index >= 15 is 0 Å². The fourth-order valence-electron chi connectivity index (χ4n) is 1.84. The molecule has 0 aliphatic carbocycles. The second kappa shape index (κ2) is 4.06. The Morgan fingerprint density at radius 1 is 1.19 bits per heavy atom. The van der Waals surface area contributed by atoms with Crippen molar-refractivity contribution in [1.82, 2.24) is 10.1 Å². The van der Waals surface area contributed by atoms with Crippen molar-refractivity contribution in [3.05, 3.63) is 36.2 Å². The van der Waals surface area contributed by atoms with E-state index in [0.717, 1.165) is 25.0 Å². The van der Waals surface area contributed by atoms with Gasteiger partial charge < -0.3 is 9.26 Å². The highest BCUT2D eigenvalue weighted by Gasteiger charge is 2.23. The van der Waals surface area contributed by atoms with Gasteiger partial charge >= 0.3 is 0 Å². The predicted octanol–water partition coefficient (Wildman–Crippen LogP) is 2.59. The minimum atomic E-state index is -0.00929. The SMILES string of the molecule is c1ccc(-c2noc([C@@H]3CCCO3)n2)cc1. The molecule has 0 saturated carbocycles. The molecule has 1 aliphatic rings. The van der Waals surface area contributed by atoms with Crippen LogP contribution in [0.1, 0.15) is 24.8 Å². The van der Waals surface area contributed by atoms with Crippen molar-refractivity contribution < 1.29 is 9.26 Å². The van der Waals surface area contributed by atoms with Gasteiger partial charge in [-0.25, -0.2) is 0 Å². The molecule has 0 amide bonds. The first-order chi connectivity index (χ1) is 7.93. The van der Waals surface area contributed by atoms with Crippen LogP contribution in [-0.4, -0.2) is 16.7 Å². The molecule has 1 aliphatic heterocycles. The molecule has 16 heavy (non-hydrogen) atoms. The second-order valence-electron chi connectivity index (χ2n) is 3.82. The van der Waals surface area contributed by atoms with Crippen molar-refractivity contribution in [3.63, 3.8) is 0 Å². The maximum Gasteiger partial charge on any atom is 0.256 e. The third-order valence-corrected chi connectivity index (χ3v) is 2.68. The summed E-state index contributed by atoms with van der Waals surface area (Å²) in [5.74, 6) is 1.22. The molecule has 0 radical (unpaired) electrons. The Morgan fingerprint density at radius 2 is 2.06 bits per heavy atom. The Labute approximate surface area is 93.2 Å². The fraction of sp³-hybridized carbons (Fsp3) is 0.333. The van der Waals surface area contributed by atoms with E-state index in [2.05, 4.69) is 10.1 Å². The number of benzene rings is 1. The zero-order chi connectivity index (χ0) is 10.8. The van der Waals surface area contributed by atoms with Crippen LogP contribution in [-0.2, 0) is 4.74 Å². The third-order valence-electron chi connectivity index (χ3n) is 2.68. The molecule has 2 heterocycles. The molecule has 2 aromatic rings. The first-order valence-corrected chi connectivity index (χ1v) is 5.44. The monoisotopic (exact) mass is 216 g/mol. The van der Waals surface area contributed by atoms with E-state index in [9.17, 15) is 0 Å². The molecule has 4 heteroatoms. The molecule has 0 bridgehead atoms. The molecule has 1 aromatic carbocycles. The van der Waals surface area contributed by atoms with Crippen LogP contribution in [0, 0.1) is 0 Å². The summed E-state index contributed by atoms with van der Waals surface area (Å²) in [6.07, 6.45) is 2.02. The van der Waals surface area contributed by atoms with Gasteiger partial charge in [-0.3, -0.25) is 0 Å². The van der Waals surface area contributed by atoms with Crippen LogP contribution >= 0.6 is 0 Å². The van der Waals surface area contributed by atoms with Crippen LogP contribution in [0.15, 0.2) is 34.9 Å². The lowest BCUT2D eigenvalue weighted by Crippen LogP contribution is -1.95. The summed E-state index contributed by atoms with van der Waals surface area (Å²) in [4.78, 5) is 4.36. The normalized spacial score (nSPS) is 20.1. The largest absolute Gasteiger partial charge is 0.368 e. The molecule has 0 spiro atoms. The minimum Gasteiger partial charge on any atom is -0.368 e. The van der Waals surface area contributed by atoms with Crippen molar-refractivity contribution in [3.8, 4) is 11.4 Å². The van der Waals surface area contributed by atoms with Crippen molar-refractivity contribution in [1.29, 1.82) is 0 Å². The van der Waals surface area contributed by atoms with Crippen molar-refractivity contribution >= 4 is 0 Å². The van der Waals surface area contributed by atoms with Gasteiger partial charge in [-0.1, -0.05) is 35.5 Å². The second-order valence-corrected chi connectivity index (χ2v) is 3.82. The maximum atomic E-state index is 5.49. The number of aromatic nitrogens is 2. The summed E-state index contributed by atoms with van der Waals surface area (Å²) < 4.78 is 10.7. The van der Waals surface area contributed by atoms with E-state index in [0.29, 0.717) is 11.7 Å². The topological polar surface area (TPSA) is 48.2 Å². The fourth-order valence-corrected chi connectivity index (χ4v) is 1.84. The standard InChI is InChI=1S/C12H12N2O2/c1-2-5-9(6-3-1)11-13-12(16-14-11)10-7-4-8-15-10/h1-3,5-6,10H,4,7-8H2/t10-/m0/s1. The molecule has 1 fully saturated rings. The molecule has 3 rings (SSSR count). The Balaban J connectivity index is 1.87. The lowest BCUT2D eigenvalue weighted by Gasteiger charge is -2.00. The average Bonchev–Trinajstić information content (AvgIpc) is 3.01. The highest BCUT2D eigenvalue weighted by Crippen LogP contribution is 2.28. The van der Waals surface area contributed by atoms with Crippen LogP contribution in [0.3, 0.4) is 0 Å². The minimum absolute atomic E-state index is 0.00929. The number of rotatable bonds is 2. The third kappa shape index (κ3) is 1.72. The number of ether oxygens (including phenoxy) is 1. The lowest BCUT2D eigenvalue weighted by molar-refractivity contribution is 0.0835. The van der Waals surface area contributed by atoms with Gasteiger partial charge in [0.05, 0.1) is 0 Å². The lowest BCUT2D eigenvalue weighted by atomic mass is 10.2. The average molecular weight is 216 g/mol. The number of hydrogen-bond donors (Lipinski definition) is 0. The van der Waals surface area contributed by atoms with Crippen LogP contribution in [0.5, 0.6) is 0 Å². The summed E-state index contributed by atoms with van der Waals surface area (Å²) >= 11 is 0. The number of nitrogens with zero attached hydrogens (tertiary/aromatic N) is 2. The van der Waals surface area contributed by atoms with Gasteiger partial charge in [0.25, 0.3) is 5.89 Å². The Bertz CT molecular complexity index is 461. The van der Waals surface area contributed by atoms with Crippen LogP contribution in [0.25, 0.3) is 11.4 Å². The van der Waals surface area contributed by atoms with E-state index in [1.807, 2.05) is 30.3 Å². The maximum absolute atomic E-state index is 5.49. The molecule has 1 aromatic heterocycles. The summed E-state index contributed by atoms with van der Waals surface area (Å²) in [6, 6.07) is 9.80. The van der Waals surface area contributed by atoms with E-state index in [1.165, 1.54) is 0 Å². The van der Waals surface area contributed by atoms with E-state index in [4.69, 9.17) is 9.26 Å². The summed E-state index contributed by atoms with van der Waals surface area (Å²) in [5, 5.41) is 3.96. The van der Waals surface area contributed by atoms with Gasteiger partial charge in [0.15, 0.2) is 0 Å². The molecule has 82 valence electrons. The molecule has 0 unspecified atom stereocenters. The van der Waals surface area contributed by atoms with E-state index in [-0.39, 0.29) is 6.10 Å². The molecule has 1 saturated heterocycles. The van der Waals surface area contributed by atoms with Gasteiger partial charge in [-0.2, -0.15) is 4.98 Å². The van der Waals surface area contributed by atoms with Crippen LogP contribution < -0.4 is 0 Å². The summed E-state index contributed by atoms with van der Waals surface area (Å²) in [7, 11) is 0. The molecular weight excluding hydrogens is 204 g/mol. The molecule has 0 N–H and O–H groups in total. The van der Waals surface area contributed by atoms with E-state index in [1.54, 1.807) is 0 Å². The number of hydrogen-bond acceptors (Lipinski definition) is 4. The van der Waals surface area contributed by atoms with Crippen molar-refractivity contribution in [2.24, 2.45) is 0 Å². The quantitative estimate of drug-likeness (QED) is 0.774. The highest BCUT2D eigenvalue weighted by atomic mass is 16.5. The van der Waals surface area contributed by atoms with Crippen LogP contribution in [0.4, 0.5) is 0 Å². The zero-order valence-electron chi connectivity index (χ0n) is 8.80. The zero-order valence-corrected chi connectivity index (χ0v) is 8.80. The van der Waals surface area contributed by atoms with Crippen molar-refractivity contribution in [2.45, 2.75) is 18.9 Å². The Morgan fingerprint density at radius 3 is 2.81 bits per heavy atom. The summed E-state index contributed by atoms with van der Waals surface area (Å²) in [5.41, 5.74) is 0.968. The molecular formula is C12H12N2O2. The van der Waals surface area contributed by atoms with Gasteiger partial charge in [0, 0.05) is 12.2 Å². The van der Waals surface area contributed by atoms with Crippen molar-refractivity contribution in [2.75, 3.05) is 6.61 Å².